The van der Waals surface area contributed by atoms with Crippen LogP contribution in [0.4, 0.5) is 11.6 Å². The van der Waals surface area contributed by atoms with Crippen LogP contribution in [0.15, 0.2) is 40.4 Å². The minimum Gasteiger partial charge on any atom is -0.597 e. The lowest BCUT2D eigenvalue weighted by molar-refractivity contribution is 0.0518. The zero-order valence-electron chi connectivity index (χ0n) is 23.5. The zero-order valence-corrected chi connectivity index (χ0v) is 25.9. The zero-order chi connectivity index (χ0) is 29.1. The van der Waals surface area contributed by atoms with E-state index in [0.717, 1.165) is 19.3 Å². The summed E-state index contributed by atoms with van der Waals surface area (Å²) in [6, 6.07) is 8.24. The van der Waals surface area contributed by atoms with E-state index < -0.39 is 22.1 Å². The number of nitrogens with one attached hydrogen (secondary N) is 1. The van der Waals surface area contributed by atoms with Crippen molar-refractivity contribution in [1.29, 1.82) is 0 Å². The number of rotatable bonds is 5. The minimum absolute atomic E-state index is 0.0402. The Hall–Kier alpha value is -2.57. The van der Waals surface area contributed by atoms with Crippen molar-refractivity contribution in [2.45, 2.75) is 67.7 Å². The largest absolute Gasteiger partial charge is 0.597 e. The first kappa shape index (κ1) is 28.5. The number of benzene rings is 1. The molecular weight excluding hydrogens is 580 g/mol. The van der Waals surface area contributed by atoms with Gasteiger partial charge in [-0.15, -0.1) is 4.72 Å². The number of halogens is 1. The van der Waals surface area contributed by atoms with Crippen LogP contribution < -0.4 is 15.4 Å². The summed E-state index contributed by atoms with van der Waals surface area (Å²) in [7, 11) is 0. The highest BCUT2D eigenvalue weighted by molar-refractivity contribution is 7.99. The van der Waals surface area contributed by atoms with Crippen molar-refractivity contribution < 1.29 is 14.1 Å². The molecule has 6 rings (SSSR count). The lowest BCUT2D eigenvalue weighted by Crippen LogP contribution is -2.53. The number of hydrogen-bond donors (Lipinski definition) is 2. The number of carbonyl (C=O) groups is 1. The van der Waals surface area contributed by atoms with Crippen molar-refractivity contribution in [2.24, 2.45) is 5.41 Å². The SMILES string of the molecule is CCOC(=O)c1nc(Sc2ccnc(N)c2Cl)c(C)nc1N1CCC2(CC1)Cc1cccc3c1[C@H]2N[S@+]([O-])C3(C)C. The second kappa shape index (κ2) is 10.6. The molecule has 216 valence electrons. The van der Waals surface area contributed by atoms with E-state index in [-0.39, 0.29) is 29.6 Å². The molecule has 0 amide bonds. The van der Waals surface area contributed by atoms with Gasteiger partial charge in [0.1, 0.15) is 10.8 Å². The molecular formula is C29H33ClN6O3S2. The molecule has 1 aromatic carbocycles. The summed E-state index contributed by atoms with van der Waals surface area (Å²) in [4.78, 5) is 29.6. The van der Waals surface area contributed by atoms with Crippen molar-refractivity contribution in [1.82, 2.24) is 19.7 Å². The number of esters is 1. The summed E-state index contributed by atoms with van der Waals surface area (Å²) in [5.41, 5.74) is 10.5. The third kappa shape index (κ3) is 4.75. The molecule has 1 aliphatic carbocycles. The van der Waals surface area contributed by atoms with Crippen LogP contribution in [-0.2, 0) is 27.3 Å². The summed E-state index contributed by atoms with van der Waals surface area (Å²) in [5.74, 6) is 0.243. The lowest BCUT2D eigenvalue weighted by Gasteiger charge is -2.46. The predicted molar refractivity (Wildman–Crippen MR) is 162 cm³/mol. The second-order valence-electron chi connectivity index (χ2n) is 11.4. The molecule has 0 bridgehead atoms. The number of fused-ring (bicyclic) bond motifs is 1. The number of nitrogens with zero attached hydrogens (tertiary/aromatic N) is 4. The Kier molecular flexibility index (Phi) is 7.39. The van der Waals surface area contributed by atoms with E-state index in [1.165, 1.54) is 28.5 Å². The van der Waals surface area contributed by atoms with Crippen LogP contribution in [0.1, 0.15) is 72.5 Å². The van der Waals surface area contributed by atoms with Gasteiger partial charge in [-0.1, -0.05) is 41.6 Å². The van der Waals surface area contributed by atoms with E-state index in [0.29, 0.717) is 39.5 Å². The van der Waals surface area contributed by atoms with Crippen molar-refractivity contribution in [3.63, 3.8) is 0 Å². The van der Waals surface area contributed by atoms with Crippen LogP contribution in [0.25, 0.3) is 0 Å². The van der Waals surface area contributed by atoms with Gasteiger partial charge in [0.05, 0.1) is 23.4 Å². The molecule has 1 spiro atoms. The molecule has 2 atom stereocenters. The third-order valence-corrected chi connectivity index (χ3v) is 11.8. The Bertz CT molecular complexity index is 1530. The molecule has 3 aromatic rings. The van der Waals surface area contributed by atoms with Gasteiger partial charge < -0.3 is 19.9 Å². The molecule has 4 heterocycles. The van der Waals surface area contributed by atoms with E-state index in [2.05, 4.69) is 32.8 Å². The van der Waals surface area contributed by atoms with E-state index >= 15 is 0 Å². The van der Waals surface area contributed by atoms with Crippen LogP contribution in [-0.4, -0.2) is 45.2 Å². The van der Waals surface area contributed by atoms with Gasteiger partial charge in [0.25, 0.3) is 0 Å². The Morgan fingerprint density at radius 2 is 2.05 bits per heavy atom. The first-order chi connectivity index (χ1) is 19.6. The van der Waals surface area contributed by atoms with Crippen molar-refractivity contribution >= 4 is 52.3 Å². The van der Waals surface area contributed by atoms with Crippen molar-refractivity contribution in [3.05, 3.63) is 63.6 Å². The first-order valence-electron chi connectivity index (χ1n) is 13.7. The van der Waals surface area contributed by atoms with E-state index in [9.17, 15) is 9.35 Å². The van der Waals surface area contributed by atoms with E-state index in [4.69, 9.17) is 32.0 Å². The molecule has 3 aliphatic rings. The number of pyridine rings is 1. The number of piperidine rings is 1. The molecule has 0 saturated carbocycles. The molecule has 3 N–H and O–H groups in total. The fourth-order valence-corrected chi connectivity index (χ4v) is 8.70. The number of hydrogen-bond acceptors (Lipinski definition) is 10. The number of carbonyl (C=O) groups excluding carboxylic acids is 1. The lowest BCUT2D eigenvalue weighted by atomic mass is 9.72. The molecule has 41 heavy (non-hydrogen) atoms. The van der Waals surface area contributed by atoms with Gasteiger partial charge in [0.2, 0.25) is 0 Å². The summed E-state index contributed by atoms with van der Waals surface area (Å²) in [6.45, 7) is 9.35. The molecule has 2 aromatic heterocycles. The van der Waals surface area contributed by atoms with Crippen molar-refractivity contribution in [3.8, 4) is 0 Å². The van der Waals surface area contributed by atoms with Gasteiger partial charge in [-0.25, -0.2) is 19.7 Å². The molecule has 2 aliphatic heterocycles. The second-order valence-corrected chi connectivity index (χ2v) is 14.6. The highest BCUT2D eigenvalue weighted by Crippen LogP contribution is 2.57. The monoisotopic (exact) mass is 612 g/mol. The van der Waals surface area contributed by atoms with E-state index in [1.807, 2.05) is 20.8 Å². The highest BCUT2D eigenvalue weighted by Gasteiger charge is 2.56. The van der Waals surface area contributed by atoms with Gasteiger partial charge in [-0.3, -0.25) is 0 Å². The number of aromatic nitrogens is 3. The Labute approximate surface area is 252 Å². The molecule has 9 nitrogen and oxygen atoms in total. The topological polar surface area (TPSA) is 129 Å². The molecule has 0 radical (unpaired) electrons. The maximum absolute atomic E-state index is 13.3. The summed E-state index contributed by atoms with van der Waals surface area (Å²) >= 11 is 6.48. The number of aryl methyl sites for hydroxylation is 1. The van der Waals surface area contributed by atoms with Crippen molar-refractivity contribution in [2.75, 3.05) is 30.3 Å². The average molecular weight is 613 g/mol. The normalized spacial score (nSPS) is 22.0. The average Bonchev–Trinajstić information content (AvgIpc) is 3.24. The highest BCUT2D eigenvalue weighted by atomic mass is 35.5. The maximum atomic E-state index is 13.3. The smallest absolute Gasteiger partial charge is 0.360 e. The van der Waals surface area contributed by atoms with Gasteiger partial charge in [0.15, 0.2) is 16.3 Å². The summed E-state index contributed by atoms with van der Waals surface area (Å²) in [6.07, 6.45) is 4.25. The Balaban J connectivity index is 1.30. The standard InChI is InChI=1S/C29H33ClN6O3S2/c1-5-39-27(37)22-25(33-16(2)26(34-22)40-19-9-12-32-24(31)21(19)30)36-13-10-29(11-14-36)15-17-7-6-8-18-20(17)23(29)35-41(38)28(18,3)4/h6-9,12,23,35H,5,10-11,13-15H2,1-4H3,(H2,31,32)/t23-,41-/m1/s1. The molecule has 0 unspecified atom stereocenters. The minimum atomic E-state index is -1.19. The molecule has 1 fully saturated rings. The number of nitrogen functional groups attached to an aromatic ring is 1. The predicted octanol–water partition coefficient (Wildman–Crippen LogP) is 5.13. The first-order valence-corrected chi connectivity index (χ1v) is 16.1. The van der Waals surface area contributed by atoms with Gasteiger partial charge in [-0.2, -0.15) is 0 Å². The fourth-order valence-electron chi connectivity index (χ4n) is 6.36. The fraction of sp³-hybridized carbons (Fsp3) is 0.448. The maximum Gasteiger partial charge on any atom is 0.360 e. The van der Waals surface area contributed by atoms with E-state index in [1.54, 1.807) is 19.2 Å². The van der Waals surface area contributed by atoms with Gasteiger partial charge in [0, 0.05) is 46.5 Å². The Morgan fingerprint density at radius 3 is 2.78 bits per heavy atom. The van der Waals surface area contributed by atoms with Crippen LogP contribution in [0.2, 0.25) is 5.02 Å². The van der Waals surface area contributed by atoms with Crippen LogP contribution in [0.5, 0.6) is 0 Å². The van der Waals surface area contributed by atoms with Gasteiger partial charge >= 0.3 is 5.97 Å². The Morgan fingerprint density at radius 1 is 1.29 bits per heavy atom. The summed E-state index contributed by atoms with van der Waals surface area (Å²) in [5, 5.41) is 0.885. The number of anilines is 2. The van der Waals surface area contributed by atoms with Crippen LogP contribution >= 0.6 is 23.4 Å². The summed E-state index contributed by atoms with van der Waals surface area (Å²) < 4.78 is 21.8. The number of nitrogens with two attached hydrogens (primary N) is 1. The van der Waals surface area contributed by atoms with Gasteiger partial charge in [-0.05, 0) is 64.2 Å². The quantitative estimate of drug-likeness (QED) is 0.295. The number of ether oxygens (including phenoxy) is 1. The molecule has 1 saturated heterocycles. The van der Waals surface area contributed by atoms with Crippen LogP contribution in [0.3, 0.4) is 0 Å². The third-order valence-electron chi connectivity index (χ3n) is 8.60. The molecule has 12 heteroatoms. The van der Waals surface area contributed by atoms with Crippen LogP contribution in [0, 0.1) is 12.3 Å².